The van der Waals surface area contributed by atoms with Crippen LogP contribution in [0.1, 0.15) is 12.5 Å². The summed E-state index contributed by atoms with van der Waals surface area (Å²) in [4.78, 5) is 2.09. The lowest BCUT2D eigenvalue weighted by Crippen LogP contribution is -2.27. The summed E-state index contributed by atoms with van der Waals surface area (Å²) in [5.41, 5.74) is 2.00. The van der Waals surface area contributed by atoms with Gasteiger partial charge in [-0.2, -0.15) is 0 Å². The molecule has 2 heterocycles. The van der Waals surface area contributed by atoms with Crippen molar-refractivity contribution in [2.45, 2.75) is 13.8 Å². The first kappa shape index (κ1) is 15.4. The Bertz CT molecular complexity index is 620. The zero-order valence-electron chi connectivity index (χ0n) is 11.7. The highest BCUT2D eigenvalue weighted by Gasteiger charge is 2.11. The van der Waals surface area contributed by atoms with Crippen LogP contribution in [0, 0.1) is 11.4 Å². The number of ether oxygens (including phenoxy) is 1. The van der Waals surface area contributed by atoms with Crippen molar-refractivity contribution < 1.29 is 14.3 Å². The molecule has 0 amide bonds. The topological polar surface area (TPSA) is 45.8 Å². The SMILES string of the molecule is CCN(CCOCCO)c1cc(=S)c2scc(C)c2o1. The predicted octanol–water partition coefficient (Wildman–Crippen LogP) is 3.37. The van der Waals surface area contributed by atoms with E-state index in [1.807, 2.05) is 13.0 Å². The third-order valence-electron chi connectivity index (χ3n) is 3.04. The van der Waals surface area contributed by atoms with Gasteiger partial charge in [0.05, 0.1) is 29.0 Å². The van der Waals surface area contributed by atoms with Crippen molar-refractivity contribution >= 4 is 39.7 Å². The number of hydrogen-bond acceptors (Lipinski definition) is 6. The van der Waals surface area contributed by atoms with Gasteiger partial charge in [-0.1, -0.05) is 12.2 Å². The minimum absolute atomic E-state index is 0.0485. The second-order valence-electron chi connectivity index (χ2n) is 4.44. The number of aliphatic hydroxyl groups excluding tert-OH is 1. The molecule has 1 N–H and O–H groups in total. The fraction of sp³-hybridized carbons (Fsp3) is 0.500. The molecule has 4 nitrogen and oxygen atoms in total. The summed E-state index contributed by atoms with van der Waals surface area (Å²) in [5, 5.41) is 10.8. The van der Waals surface area contributed by atoms with Crippen molar-refractivity contribution in [1.82, 2.24) is 0 Å². The lowest BCUT2D eigenvalue weighted by molar-refractivity contribution is 0.0964. The molecule has 0 aromatic carbocycles. The van der Waals surface area contributed by atoms with Crippen LogP contribution in [0.15, 0.2) is 15.9 Å². The lowest BCUT2D eigenvalue weighted by atomic mass is 10.3. The van der Waals surface area contributed by atoms with Crippen molar-refractivity contribution in [2.24, 2.45) is 0 Å². The average molecular weight is 313 g/mol. The van der Waals surface area contributed by atoms with Crippen LogP contribution in [0.25, 0.3) is 10.3 Å². The second kappa shape index (κ2) is 7.17. The molecule has 0 aliphatic heterocycles. The molecule has 0 aliphatic rings. The molecule has 0 bridgehead atoms. The molecule has 20 heavy (non-hydrogen) atoms. The number of likely N-dealkylation sites (N-methyl/N-ethyl adjacent to an activating group) is 1. The maximum atomic E-state index is 8.70. The highest BCUT2D eigenvalue weighted by molar-refractivity contribution is 7.72. The monoisotopic (exact) mass is 313 g/mol. The molecule has 110 valence electrons. The molecule has 0 atom stereocenters. The number of aliphatic hydroxyl groups is 1. The van der Waals surface area contributed by atoms with Crippen LogP contribution < -0.4 is 4.90 Å². The Morgan fingerprint density at radius 1 is 1.45 bits per heavy atom. The molecule has 2 aromatic rings. The van der Waals surface area contributed by atoms with Gasteiger partial charge in [0, 0.05) is 24.7 Å². The second-order valence-corrected chi connectivity index (χ2v) is 5.76. The number of thiophene rings is 1. The minimum Gasteiger partial charge on any atom is -0.439 e. The first-order valence-electron chi connectivity index (χ1n) is 6.62. The maximum absolute atomic E-state index is 8.70. The molecule has 0 spiro atoms. The Kier molecular flexibility index (Phi) is 5.54. The largest absolute Gasteiger partial charge is 0.439 e. The van der Waals surface area contributed by atoms with Crippen LogP contribution in [0.4, 0.5) is 5.88 Å². The minimum atomic E-state index is 0.0485. The van der Waals surface area contributed by atoms with E-state index in [1.165, 1.54) is 0 Å². The van der Waals surface area contributed by atoms with Gasteiger partial charge in [0.1, 0.15) is 0 Å². The van der Waals surface area contributed by atoms with E-state index in [0.29, 0.717) is 19.8 Å². The summed E-state index contributed by atoms with van der Waals surface area (Å²) in [5.74, 6) is 0.777. The highest BCUT2D eigenvalue weighted by Crippen LogP contribution is 2.30. The van der Waals surface area contributed by atoms with Gasteiger partial charge >= 0.3 is 0 Å². The van der Waals surface area contributed by atoms with Gasteiger partial charge in [-0.15, -0.1) is 11.3 Å². The van der Waals surface area contributed by atoms with Crippen LogP contribution in [0.5, 0.6) is 0 Å². The third kappa shape index (κ3) is 3.38. The highest BCUT2D eigenvalue weighted by atomic mass is 32.1. The van der Waals surface area contributed by atoms with E-state index >= 15 is 0 Å². The van der Waals surface area contributed by atoms with Crippen LogP contribution in [-0.4, -0.2) is 38.0 Å². The molecule has 6 heteroatoms. The molecular weight excluding hydrogens is 294 g/mol. The number of anilines is 1. The van der Waals surface area contributed by atoms with E-state index in [-0.39, 0.29) is 6.61 Å². The van der Waals surface area contributed by atoms with Gasteiger partial charge in [0.15, 0.2) is 11.5 Å². The van der Waals surface area contributed by atoms with Gasteiger partial charge in [-0.05, 0) is 19.2 Å². The normalized spacial score (nSPS) is 11.2. The molecule has 2 aromatic heterocycles. The number of nitrogens with zero attached hydrogens (tertiary/aromatic N) is 1. The fourth-order valence-corrected chi connectivity index (χ4v) is 3.19. The van der Waals surface area contributed by atoms with E-state index < -0.39 is 0 Å². The van der Waals surface area contributed by atoms with Crippen molar-refractivity contribution in [3.63, 3.8) is 0 Å². The zero-order chi connectivity index (χ0) is 14.5. The molecular formula is C14H19NO3S2. The summed E-state index contributed by atoms with van der Waals surface area (Å²) in [6.45, 7) is 6.59. The number of aryl methyl sites for hydroxylation is 1. The van der Waals surface area contributed by atoms with Gasteiger partial charge in [0.25, 0.3) is 0 Å². The maximum Gasteiger partial charge on any atom is 0.197 e. The molecule has 0 saturated heterocycles. The predicted molar refractivity (Wildman–Crippen MR) is 85.5 cm³/mol. The standard InChI is InChI=1S/C14H19NO3S2/c1-3-15(4-6-17-7-5-16)12-8-11(19)14-13(18-12)10(2)9-20-14/h8-9,16H,3-7H2,1-2H3. The lowest BCUT2D eigenvalue weighted by Gasteiger charge is -2.21. The number of hydrogen-bond donors (Lipinski definition) is 1. The van der Waals surface area contributed by atoms with Crippen LogP contribution >= 0.6 is 23.6 Å². The van der Waals surface area contributed by atoms with Crippen molar-refractivity contribution in [3.8, 4) is 0 Å². The molecule has 0 fully saturated rings. The summed E-state index contributed by atoms with van der Waals surface area (Å²) < 4.78 is 13.2. The van der Waals surface area contributed by atoms with Crippen LogP contribution in [-0.2, 0) is 4.74 Å². The molecule has 0 aliphatic carbocycles. The summed E-state index contributed by atoms with van der Waals surface area (Å²) in [6.07, 6.45) is 0. The van der Waals surface area contributed by atoms with Crippen molar-refractivity contribution in [2.75, 3.05) is 37.8 Å². The van der Waals surface area contributed by atoms with E-state index in [1.54, 1.807) is 11.3 Å². The van der Waals surface area contributed by atoms with Crippen LogP contribution in [0.3, 0.4) is 0 Å². The van der Waals surface area contributed by atoms with Crippen molar-refractivity contribution in [3.05, 3.63) is 21.5 Å². The Morgan fingerprint density at radius 3 is 2.95 bits per heavy atom. The quantitative estimate of drug-likeness (QED) is 0.627. The van der Waals surface area contributed by atoms with E-state index in [0.717, 1.165) is 32.8 Å². The third-order valence-corrected chi connectivity index (χ3v) is 4.60. The van der Waals surface area contributed by atoms with Crippen LogP contribution in [0.2, 0.25) is 0 Å². The summed E-state index contributed by atoms with van der Waals surface area (Å²) >= 11 is 7.06. The summed E-state index contributed by atoms with van der Waals surface area (Å²) in [7, 11) is 0. The Morgan fingerprint density at radius 2 is 2.25 bits per heavy atom. The number of rotatable bonds is 7. The zero-order valence-corrected chi connectivity index (χ0v) is 13.4. The van der Waals surface area contributed by atoms with E-state index in [2.05, 4.69) is 17.2 Å². The molecule has 0 radical (unpaired) electrons. The summed E-state index contributed by atoms with van der Waals surface area (Å²) in [6, 6.07) is 1.91. The fourth-order valence-electron chi connectivity index (χ4n) is 1.96. The van der Waals surface area contributed by atoms with E-state index in [4.69, 9.17) is 26.5 Å². The van der Waals surface area contributed by atoms with Gasteiger partial charge in [-0.3, -0.25) is 0 Å². The molecule has 2 rings (SSSR count). The van der Waals surface area contributed by atoms with Crippen molar-refractivity contribution in [1.29, 1.82) is 0 Å². The molecule has 0 unspecified atom stereocenters. The smallest absolute Gasteiger partial charge is 0.197 e. The number of fused-ring (bicyclic) bond motifs is 1. The average Bonchev–Trinajstić information content (AvgIpc) is 2.81. The van der Waals surface area contributed by atoms with Gasteiger partial charge in [-0.25, -0.2) is 0 Å². The Hall–Kier alpha value is -0.950. The Labute approximate surface area is 127 Å². The Balaban J connectivity index is 2.21. The first-order chi connectivity index (χ1) is 9.67. The van der Waals surface area contributed by atoms with E-state index in [9.17, 15) is 0 Å². The molecule has 0 saturated carbocycles. The first-order valence-corrected chi connectivity index (χ1v) is 7.91. The van der Waals surface area contributed by atoms with Gasteiger partial charge in [0.2, 0.25) is 0 Å². The van der Waals surface area contributed by atoms with Gasteiger partial charge < -0.3 is 19.2 Å².